The molecule has 0 aromatic heterocycles. The molecule has 0 amide bonds. The first-order chi connectivity index (χ1) is 10.3. The molecule has 0 heterocycles. The number of aryl methyl sites for hydroxylation is 1. The van der Waals surface area contributed by atoms with Crippen LogP contribution in [0, 0.1) is 5.82 Å². The highest BCUT2D eigenvalue weighted by molar-refractivity contribution is 5.50. The zero-order valence-corrected chi connectivity index (χ0v) is 12.2. The van der Waals surface area contributed by atoms with Gasteiger partial charge in [0.15, 0.2) is 0 Å². The molecule has 110 valence electrons. The second kappa shape index (κ2) is 6.17. The average Bonchev–Trinajstić information content (AvgIpc) is 2.54. The molecule has 1 aliphatic carbocycles. The molecule has 0 saturated heterocycles. The van der Waals surface area contributed by atoms with E-state index in [-0.39, 0.29) is 5.82 Å². The van der Waals surface area contributed by atoms with Gasteiger partial charge in [0.25, 0.3) is 0 Å². The third-order valence-corrected chi connectivity index (χ3v) is 4.21. The molecule has 1 atom stereocenters. The summed E-state index contributed by atoms with van der Waals surface area (Å²) < 4.78 is 19.0. The topological polar surface area (TPSA) is 21.3 Å². The van der Waals surface area contributed by atoms with Gasteiger partial charge in [-0.3, -0.25) is 0 Å². The summed E-state index contributed by atoms with van der Waals surface area (Å²) >= 11 is 0. The van der Waals surface area contributed by atoms with Crippen molar-refractivity contribution in [3.05, 3.63) is 59.4 Å². The average molecular weight is 285 g/mol. The minimum absolute atomic E-state index is 0.236. The summed E-state index contributed by atoms with van der Waals surface area (Å²) in [6.45, 7) is 0.751. The van der Waals surface area contributed by atoms with E-state index in [9.17, 15) is 4.39 Å². The molecule has 1 aliphatic rings. The van der Waals surface area contributed by atoms with Crippen molar-refractivity contribution < 1.29 is 9.13 Å². The maximum atomic E-state index is 13.8. The molecule has 0 fully saturated rings. The normalized spacial score (nSPS) is 17.1. The van der Waals surface area contributed by atoms with Crippen LogP contribution in [-0.2, 0) is 6.42 Å². The lowest BCUT2D eigenvalue weighted by atomic mass is 9.83. The van der Waals surface area contributed by atoms with Crippen molar-refractivity contribution in [2.45, 2.75) is 25.2 Å². The van der Waals surface area contributed by atoms with Gasteiger partial charge in [0.2, 0.25) is 0 Å². The van der Waals surface area contributed by atoms with E-state index in [2.05, 4.69) is 29.6 Å². The zero-order valence-electron chi connectivity index (χ0n) is 12.2. The van der Waals surface area contributed by atoms with Gasteiger partial charge in [0, 0.05) is 18.5 Å². The molecule has 0 bridgehead atoms. The summed E-state index contributed by atoms with van der Waals surface area (Å²) in [6, 6.07) is 13.4. The van der Waals surface area contributed by atoms with Gasteiger partial charge in [-0.1, -0.05) is 24.3 Å². The van der Waals surface area contributed by atoms with Crippen LogP contribution in [0.25, 0.3) is 0 Å². The Balaban J connectivity index is 1.74. The molecule has 2 aromatic carbocycles. The molecule has 0 spiro atoms. The Morgan fingerprint density at radius 2 is 2.10 bits per heavy atom. The van der Waals surface area contributed by atoms with Gasteiger partial charge in [-0.2, -0.15) is 0 Å². The molecule has 21 heavy (non-hydrogen) atoms. The molecule has 2 nitrogen and oxygen atoms in total. The number of hydrogen-bond donors (Lipinski definition) is 1. The highest BCUT2D eigenvalue weighted by atomic mass is 19.1. The smallest absolute Gasteiger partial charge is 0.146 e. The molecule has 1 unspecified atom stereocenters. The maximum absolute atomic E-state index is 13.8. The largest absolute Gasteiger partial charge is 0.497 e. The van der Waals surface area contributed by atoms with Crippen LogP contribution < -0.4 is 10.1 Å². The predicted octanol–water partition coefficient (Wildman–Crippen LogP) is 4.37. The van der Waals surface area contributed by atoms with Gasteiger partial charge in [-0.05, 0) is 42.5 Å². The summed E-state index contributed by atoms with van der Waals surface area (Å²) in [5.41, 5.74) is 3.35. The SMILES string of the molecule is COc1ccc(F)c(NCC2CCCc3ccccc32)c1. The van der Waals surface area contributed by atoms with E-state index >= 15 is 0 Å². The first kappa shape index (κ1) is 13.9. The van der Waals surface area contributed by atoms with Gasteiger partial charge in [0.05, 0.1) is 12.8 Å². The predicted molar refractivity (Wildman–Crippen MR) is 83.6 cm³/mol. The lowest BCUT2D eigenvalue weighted by Gasteiger charge is -2.26. The minimum atomic E-state index is -0.236. The standard InChI is InChI=1S/C18H20FNO/c1-21-15-9-10-17(19)18(11-15)20-12-14-7-4-6-13-5-2-3-8-16(13)14/h2-3,5,8-11,14,20H,4,6-7,12H2,1H3. The fourth-order valence-corrected chi connectivity index (χ4v) is 3.07. The van der Waals surface area contributed by atoms with E-state index in [1.807, 2.05) is 0 Å². The molecule has 1 N–H and O–H groups in total. The first-order valence-corrected chi connectivity index (χ1v) is 7.43. The number of anilines is 1. The molecular formula is C18H20FNO. The van der Waals surface area contributed by atoms with E-state index in [0.717, 1.165) is 19.4 Å². The van der Waals surface area contributed by atoms with Crippen LogP contribution in [0.3, 0.4) is 0 Å². The van der Waals surface area contributed by atoms with Crippen LogP contribution in [0.1, 0.15) is 29.9 Å². The summed E-state index contributed by atoms with van der Waals surface area (Å²) in [5.74, 6) is 0.878. The Bertz CT molecular complexity index is 626. The highest BCUT2D eigenvalue weighted by Crippen LogP contribution is 2.32. The Morgan fingerprint density at radius 1 is 1.24 bits per heavy atom. The summed E-state index contributed by atoms with van der Waals surface area (Å²) in [6.07, 6.45) is 3.50. The minimum Gasteiger partial charge on any atom is -0.497 e. The van der Waals surface area contributed by atoms with E-state index < -0.39 is 0 Å². The third-order valence-electron chi connectivity index (χ3n) is 4.21. The Morgan fingerprint density at radius 3 is 2.95 bits per heavy atom. The van der Waals surface area contributed by atoms with E-state index in [1.54, 1.807) is 19.2 Å². The van der Waals surface area contributed by atoms with Crippen molar-refractivity contribution >= 4 is 5.69 Å². The molecule has 0 radical (unpaired) electrons. The Kier molecular flexibility index (Phi) is 4.09. The summed E-state index contributed by atoms with van der Waals surface area (Å²) in [4.78, 5) is 0. The molecular weight excluding hydrogens is 265 g/mol. The second-order valence-corrected chi connectivity index (χ2v) is 5.51. The van der Waals surface area contributed by atoms with Crippen molar-refractivity contribution in [3.63, 3.8) is 0 Å². The van der Waals surface area contributed by atoms with Crippen LogP contribution in [0.2, 0.25) is 0 Å². The van der Waals surface area contributed by atoms with E-state index in [0.29, 0.717) is 17.4 Å². The molecule has 2 aromatic rings. The van der Waals surface area contributed by atoms with Crippen LogP contribution >= 0.6 is 0 Å². The molecule has 3 heteroatoms. The number of halogens is 1. The van der Waals surface area contributed by atoms with Gasteiger partial charge in [0.1, 0.15) is 11.6 Å². The van der Waals surface area contributed by atoms with Crippen molar-refractivity contribution in [3.8, 4) is 5.75 Å². The fourth-order valence-electron chi connectivity index (χ4n) is 3.07. The molecule has 0 saturated carbocycles. The number of hydrogen-bond acceptors (Lipinski definition) is 2. The Hall–Kier alpha value is -2.03. The number of rotatable bonds is 4. The van der Waals surface area contributed by atoms with Crippen molar-refractivity contribution in [2.24, 2.45) is 0 Å². The lowest BCUT2D eigenvalue weighted by molar-refractivity contribution is 0.414. The molecule has 0 aliphatic heterocycles. The number of benzene rings is 2. The second-order valence-electron chi connectivity index (χ2n) is 5.51. The maximum Gasteiger partial charge on any atom is 0.146 e. The van der Waals surface area contributed by atoms with Crippen LogP contribution in [0.15, 0.2) is 42.5 Å². The van der Waals surface area contributed by atoms with Gasteiger partial charge < -0.3 is 10.1 Å². The van der Waals surface area contributed by atoms with Crippen molar-refractivity contribution in [1.29, 1.82) is 0 Å². The number of fused-ring (bicyclic) bond motifs is 1. The van der Waals surface area contributed by atoms with Gasteiger partial charge in [-0.15, -0.1) is 0 Å². The highest BCUT2D eigenvalue weighted by Gasteiger charge is 2.19. The number of nitrogens with one attached hydrogen (secondary N) is 1. The van der Waals surface area contributed by atoms with Gasteiger partial charge >= 0.3 is 0 Å². The van der Waals surface area contributed by atoms with E-state index in [1.165, 1.54) is 23.6 Å². The fraction of sp³-hybridized carbons (Fsp3) is 0.333. The summed E-state index contributed by atoms with van der Waals surface area (Å²) in [7, 11) is 1.59. The van der Waals surface area contributed by atoms with Crippen molar-refractivity contribution in [1.82, 2.24) is 0 Å². The zero-order chi connectivity index (χ0) is 14.7. The Labute approximate surface area is 125 Å². The van der Waals surface area contributed by atoms with Crippen LogP contribution in [0.5, 0.6) is 5.75 Å². The van der Waals surface area contributed by atoms with Crippen LogP contribution in [0.4, 0.5) is 10.1 Å². The van der Waals surface area contributed by atoms with Crippen molar-refractivity contribution in [2.75, 3.05) is 19.0 Å². The van der Waals surface area contributed by atoms with Gasteiger partial charge in [-0.25, -0.2) is 4.39 Å². The number of ether oxygens (including phenoxy) is 1. The van der Waals surface area contributed by atoms with E-state index in [4.69, 9.17) is 4.74 Å². The quantitative estimate of drug-likeness (QED) is 0.901. The summed E-state index contributed by atoms with van der Waals surface area (Å²) in [5, 5.41) is 3.24. The molecule has 3 rings (SSSR count). The first-order valence-electron chi connectivity index (χ1n) is 7.43. The monoisotopic (exact) mass is 285 g/mol. The third kappa shape index (κ3) is 3.02. The lowest BCUT2D eigenvalue weighted by Crippen LogP contribution is -2.18. The van der Waals surface area contributed by atoms with Crippen LogP contribution in [-0.4, -0.2) is 13.7 Å². The number of methoxy groups -OCH3 is 1.